The fourth-order valence-corrected chi connectivity index (χ4v) is 3.47. The lowest BCUT2D eigenvalue weighted by Crippen LogP contribution is -2.39. The maximum atomic E-state index is 5.58. The smallest absolute Gasteiger partial charge is 0.167 e. The van der Waals surface area contributed by atoms with Crippen LogP contribution in [-0.2, 0) is 6.42 Å². The molecular formula is C24H26N2OS. The summed E-state index contributed by atoms with van der Waals surface area (Å²) in [5, 5.41) is 7.44. The van der Waals surface area contributed by atoms with E-state index in [-0.39, 0.29) is 6.04 Å². The van der Waals surface area contributed by atoms with Gasteiger partial charge >= 0.3 is 0 Å². The summed E-state index contributed by atoms with van der Waals surface area (Å²) >= 11 is 5.58. The van der Waals surface area contributed by atoms with Gasteiger partial charge in [-0.25, -0.2) is 0 Å². The van der Waals surface area contributed by atoms with Gasteiger partial charge in [0.05, 0.1) is 13.2 Å². The number of hydrogen-bond donors (Lipinski definition) is 2. The SMILES string of the molecule is COc1ccc(C)cc1CCNC(=S)NC(c1ccccc1)c1ccccc1. The van der Waals surface area contributed by atoms with Crippen LogP contribution in [0.4, 0.5) is 0 Å². The Morgan fingerprint density at radius 3 is 2.11 bits per heavy atom. The van der Waals surface area contributed by atoms with Gasteiger partial charge in [-0.15, -0.1) is 0 Å². The van der Waals surface area contributed by atoms with Crippen LogP contribution < -0.4 is 15.4 Å². The number of benzene rings is 3. The molecule has 0 aromatic heterocycles. The standard InChI is InChI=1S/C24H26N2OS/c1-18-13-14-22(27-2)21(17-18)15-16-25-24(28)26-23(19-9-5-3-6-10-19)20-11-7-4-8-12-20/h3-14,17,23H,15-16H2,1-2H3,(H2,25,26,28). The van der Waals surface area contributed by atoms with Gasteiger partial charge in [-0.05, 0) is 48.3 Å². The minimum atomic E-state index is 0.0101. The van der Waals surface area contributed by atoms with Crippen LogP contribution in [0.25, 0.3) is 0 Å². The van der Waals surface area contributed by atoms with Crippen LogP contribution in [0.15, 0.2) is 78.9 Å². The van der Waals surface area contributed by atoms with Gasteiger partial charge in [-0.3, -0.25) is 0 Å². The Morgan fingerprint density at radius 1 is 0.929 bits per heavy atom. The second-order valence-electron chi connectivity index (χ2n) is 6.72. The van der Waals surface area contributed by atoms with E-state index in [1.165, 1.54) is 22.3 Å². The first-order valence-corrected chi connectivity index (χ1v) is 9.86. The Morgan fingerprint density at radius 2 is 1.54 bits per heavy atom. The van der Waals surface area contributed by atoms with Crippen molar-refractivity contribution in [3.8, 4) is 5.75 Å². The molecular weight excluding hydrogens is 364 g/mol. The summed E-state index contributed by atoms with van der Waals surface area (Å²) in [6.07, 6.45) is 0.841. The Labute approximate surface area is 172 Å². The maximum Gasteiger partial charge on any atom is 0.167 e. The van der Waals surface area contributed by atoms with Crippen molar-refractivity contribution in [2.45, 2.75) is 19.4 Å². The van der Waals surface area contributed by atoms with E-state index in [1.54, 1.807) is 7.11 Å². The van der Waals surface area contributed by atoms with Gasteiger partial charge in [0.2, 0.25) is 0 Å². The van der Waals surface area contributed by atoms with Gasteiger partial charge < -0.3 is 15.4 Å². The molecule has 0 bridgehead atoms. The quantitative estimate of drug-likeness (QED) is 0.568. The molecule has 4 heteroatoms. The molecule has 144 valence electrons. The molecule has 0 aliphatic rings. The van der Waals surface area contributed by atoms with Crippen LogP contribution in [0.5, 0.6) is 5.75 Å². The Balaban J connectivity index is 1.64. The molecule has 2 N–H and O–H groups in total. The van der Waals surface area contributed by atoms with Crippen molar-refractivity contribution in [2.24, 2.45) is 0 Å². The van der Waals surface area contributed by atoms with E-state index in [9.17, 15) is 0 Å². The lowest BCUT2D eigenvalue weighted by Gasteiger charge is -2.22. The number of hydrogen-bond acceptors (Lipinski definition) is 2. The fourth-order valence-electron chi connectivity index (χ4n) is 3.25. The maximum absolute atomic E-state index is 5.58. The lowest BCUT2D eigenvalue weighted by molar-refractivity contribution is 0.409. The Hall–Kier alpha value is -2.85. The third-order valence-corrected chi connectivity index (χ3v) is 4.92. The van der Waals surface area contributed by atoms with Crippen LogP contribution in [0.3, 0.4) is 0 Å². The van der Waals surface area contributed by atoms with E-state index < -0.39 is 0 Å². The van der Waals surface area contributed by atoms with Gasteiger partial charge in [0.25, 0.3) is 0 Å². The molecule has 0 saturated carbocycles. The minimum Gasteiger partial charge on any atom is -0.496 e. The second kappa shape index (κ2) is 9.90. The molecule has 3 rings (SSSR count). The Bertz CT molecular complexity index is 857. The molecule has 0 amide bonds. The highest BCUT2D eigenvalue weighted by atomic mass is 32.1. The molecule has 0 atom stereocenters. The van der Waals surface area contributed by atoms with Crippen LogP contribution >= 0.6 is 12.2 Å². The number of nitrogens with one attached hydrogen (secondary N) is 2. The zero-order valence-corrected chi connectivity index (χ0v) is 17.1. The number of aryl methyl sites for hydroxylation is 1. The first-order chi connectivity index (χ1) is 13.7. The average molecular weight is 391 g/mol. The fraction of sp³-hybridized carbons (Fsp3) is 0.208. The predicted molar refractivity (Wildman–Crippen MR) is 120 cm³/mol. The van der Waals surface area contributed by atoms with Crippen LogP contribution in [0, 0.1) is 6.92 Å². The van der Waals surface area contributed by atoms with Crippen LogP contribution in [-0.4, -0.2) is 18.8 Å². The summed E-state index contributed by atoms with van der Waals surface area (Å²) in [5.74, 6) is 0.915. The molecule has 0 radical (unpaired) electrons. The molecule has 0 aliphatic heterocycles. The molecule has 0 fully saturated rings. The first kappa shape index (κ1) is 19.9. The highest BCUT2D eigenvalue weighted by Gasteiger charge is 2.14. The van der Waals surface area contributed by atoms with Crippen molar-refractivity contribution in [1.29, 1.82) is 0 Å². The summed E-state index contributed by atoms with van der Waals surface area (Å²) < 4.78 is 5.46. The number of ether oxygens (including phenoxy) is 1. The molecule has 3 aromatic rings. The third-order valence-electron chi connectivity index (χ3n) is 4.66. The summed E-state index contributed by atoms with van der Waals surface area (Å²) in [4.78, 5) is 0. The van der Waals surface area contributed by atoms with E-state index in [0.717, 1.165) is 18.7 Å². The zero-order chi connectivity index (χ0) is 19.8. The molecule has 0 saturated heterocycles. The van der Waals surface area contributed by atoms with Crippen molar-refractivity contribution in [1.82, 2.24) is 10.6 Å². The second-order valence-corrected chi connectivity index (χ2v) is 7.13. The van der Waals surface area contributed by atoms with E-state index >= 15 is 0 Å². The van der Waals surface area contributed by atoms with Crippen molar-refractivity contribution >= 4 is 17.3 Å². The zero-order valence-electron chi connectivity index (χ0n) is 16.3. The molecule has 28 heavy (non-hydrogen) atoms. The summed E-state index contributed by atoms with van der Waals surface area (Å²) in [6, 6.07) is 27.0. The molecule has 0 spiro atoms. The van der Waals surface area contributed by atoms with E-state index in [2.05, 4.69) is 54.0 Å². The molecule has 0 aliphatic carbocycles. The minimum absolute atomic E-state index is 0.0101. The summed E-state index contributed by atoms with van der Waals surface area (Å²) in [7, 11) is 1.71. The summed E-state index contributed by atoms with van der Waals surface area (Å²) in [5.41, 5.74) is 4.77. The first-order valence-electron chi connectivity index (χ1n) is 9.45. The van der Waals surface area contributed by atoms with Crippen molar-refractivity contribution in [2.75, 3.05) is 13.7 Å². The predicted octanol–water partition coefficient (Wildman–Crippen LogP) is 4.80. The van der Waals surface area contributed by atoms with Gasteiger partial charge in [0.1, 0.15) is 5.75 Å². The Kier molecular flexibility index (Phi) is 7.04. The van der Waals surface area contributed by atoms with E-state index in [0.29, 0.717) is 5.11 Å². The molecule has 0 unspecified atom stereocenters. The highest BCUT2D eigenvalue weighted by molar-refractivity contribution is 7.80. The van der Waals surface area contributed by atoms with Gasteiger partial charge in [-0.2, -0.15) is 0 Å². The van der Waals surface area contributed by atoms with Crippen molar-refractivity contribution in [3.63, 3.8) is 0 Å². The van der Waals surface area contributed by atoms with Gasteiger partial charge in [0, 0.05) is 6.54 Å². The average Bonchev–Trinajstić information content (AvgIpc) is 2.73. The molecule has 3 aromatic carbocycles. The van der Waals surface area contributed by atoms with E-state index in [4.69, 9.17) is 17.0 Å². The van der Waals surface area contributed by atoms with Crippen molar-refractivity contribution < 1.29 is 4.74 Å². The van der Waals surface area contributed by atoms with Crippen molar-refractivity contribution in [3.05, 3.63) is 101 Å². The van der Waals surface area contributed by atoms with Gasteiger partial charge in [0.15, 0.2) is 5.11 Å². The van der Waals surface area contributed by atoms with Crippen LogP contribution in [0.1, 0.15) is 28.3 Å². The topological polar surface area (TPSA) is 33.3 Å². The highest BCUT2D eigenvalue weighted by Crippen LogP contribution is 2.22. The molecule has 0 heterocycles. The van der Waals surface area contributed by atoms with E-state index in [1.807, 2.05) is 42.5 Å². The number of thiocarbonyl (C=S) groups is 1. The van der Waals surface area contributed by atoms with Gasteiger partial charge in [-0.1, -0.05) is 78.4 Å². The summed E-state index contributed by atoms with van der Waals surface area (Å²) in [6.45, 7) is 2.83. The van der Waals surface area contributed by atoms with Crippen LogP contribution in [0.2, 0.25) is 0 Å². The lowest BCUT2D eigenvalue weighted by atomic mass is 9.99. The normalized spacial score (nSPS) is 10.5. The molecule has 3 nitrogen and oxygen atoms in total. The number of methoxy groups -OCH3 is 1. The number of rotatable bonds is 7. The largest absolute Gasteiger partial charge is 0.496 e. The third kappa shape index (κ3) is 5.33. The monoisotopic (exact) mass is 390 g/mol.